The molecule has 0 aliphatic rings. The van der Waals surface area contributed by atoms with Crippen molar-refractivity contribution in [2.75, 3.05) is 20.8 Å². The van der Waals surface area contributed by atoms with Crippen LogP contribution in [0, 0.1) is 0 Å². The van der Waals surface area contributed by atoms with E-state index in [2.05, 4.69) is 69.3 Å². The molecule has 0 N–H and O–H groups in total. The highest BCUT2D eigenvalue weighted by Gasteiger charge is 2.51. The summed E-state index contributed by atoms with van der Waals surface area (Å²) in [6.45, 7) is 7.36. The van der Waals surface area contributed by atoms with E-state index < -0.39 is 20.4 Å². The minimum absolute atomic E-state index is 0.205. The first-order valence-corrected chi connectivity index (χ1v) is 14.0. The fraction of sp³-hybridized carbons (Fsp3) is 0.300. The van der Waals surface area contributed by atoms with Gasteiger partial charge in [0.25, 0.3) is 8.32 Å². The molecule has 3 rings (SSSR count). The molecule has 0 saturated carbocycles. The lowest BCUT2D eigenvalue weighted by molar-refractivity contribution is -0.134. The van der Waals surface area contributed by atoms with Gasteiger partial charge >= 0.3 is 5.97 Å². The molecule has 6 heteroatoms. The van der Waals surface area contributed by atoms with Crippen molar-refractivity contribution in [2.45, 2.75) is 38.5 Å². The Morgan fingerprint density at radius 1 is 0.861 bits per heavy atom. The Morgan fingerprint density at radius 2 is 1.42 bits per heavy atom. The number of carbonyl (C=O) groups excluding carboxylic acids is 1. The van der Waals surface area contributed by atoms with Crippen LogP contribution < -0.4 is 15.1 Å². The maximum atomic E-state index is 12.0. The highest BCUT2D eigenvalue weighted by atomic mass is 28.4. The van der Waals surface area contributed by atoms with Gasteiger partial charge in [-0.05, 0) is 39.2 Å². The van der Waals surface area contributed by atoms with Crippen molar-refractivity contribution in [3.63, 3.8) is 0 Å². The molecule has 0 amide bonds. The number of carbonyl (C=O) groups is 1. The third kappa shape index (κ3) is 6.72. The predicted octanol–water partition coefficient (Wildman–Crippen LogP) is 4.89. The van der Waals surface area contributed by atoms with Crippen molar-refractivity contribution in [1.29, 1.82) is 0 Å². The molecular weight excluding hydrogens is 468 g/mol. The molecule has 3 aromatic rings. The maximum absolute atomic E-state index is 12.0. The van der Waals surface area contributed by atoms with Gasteiger partial charge in [-0.15, -0.1) is 0 Å². The topological polar surface area (TPSA) is 54.0 Å². The van der Waals surface area contributed by atoms with Gasteiger partial charge in [-0.2, -0.15) is 0 Å². The number of hydrogen-bond acceptors (Lipinski definition) is 5. The van der Waals surface area contributed by atoms with E-state index in [1.165, 1.54) is 13.2 Å². The monoisotopic (exact) mass is 504 g/mol. The molecule has 190 valence electrons. The number of methoxy groups -OCH3 is 2. The average Bonchev–Trinajstić information content (AvgIpc) is 2.90. The van der Waals surface area contributed by atoms with E-state index in [1.807, 2.05) is 36.4 Å². The lowest BCUT2D eigenvalue weighted by atomic mass is 10.2. The molecule has 1 atom stereocenters. The lowest BCUT2D eigenvalue weighted by Gasteiger charge is -2.44. The van der Waals surface area contributed by atoms with E-state index in [-0.39, 0.29) is 11.6 Å². The first-order chi connectivity index (χ1) is 17.3. The quantitative estimate of drug-likeness (QED) is 0.212. The van der Waals surface area contributed by atoms with Crippen LogP contribution in [-0.4, -0.2) is 41.2 Å². The third-order valence-electron chi connectivity index (χ3n) is 6.10. The molecule has 0 spiro atoms. The van der Waals surface area contributed by atoms with Gasteiger partial charge in [0.15, 0.2) is 0 Å². The summed E-state index contributed by atoms with van der Waals surface area (Å²) < 4.78 is 23.3. The minimum atomic E-state index is -2.84. The first-order valence-electron chi connectivity index (χ1n) is 12.1. The number of hydrogen-bond donors (Lipinski definition) is 0. The Hall–Kier alpha value is -3.19. The van der Waals surface area contributed by atoms with Gasteiger partial charge < -0.3 is 18.6 Å². The van der Waals surface area contributed by atoms with Crippen molar-refractivity contribution in [3.05, 3.63) is 103 Å². The highest BCUT2D eigenvalue weighted by molar-refractivity contribution is 6.99. The third-order valence-corrected chi connectivity index (χ3v) is 11.2. The van der Waals surface area contributed by atoms with Gasteiger partial charge in [-0.3, -0.25) is 0 Å². The number of ether oxygens (including phenoxy) is 3. The Bertz CT molecular complexity index is 1070. The smallest absolute Gasteiger partial charge is 0.330 e. The van der Waals surface area contributed by atoms with E-state index in [0.717, 1.165) is 21.7 Å². The van der Waals surface area contributed by atoms with Crippen LogP contribution in [0.15, 0.2) is 97.1 Å². The Balaban J connectivity index is 1.96. The van der Waals surface area contributed by atoms with Crippen LogP contribution in [0.2, 0.25) is 5.04 Å². The van der Waals surface area contributed by atoms with Gasteiger partial charge in [-0.1, -0.05) is 93.6 Å². The second kappa shape index (κ2) is 12.7. The van der Waals surface area contributed by atoms with E-state index in [0.29, 0.717) is 6.61 Å². The van der Waals surface area contributed by atoms with Crippen LogP contribution in [0.5, 0.6) is 5.75 Å². The molecular formula is C30H36O5Si. The minimum Gasteiger partial charge on any atom is -0.497 e. The van der Waals surface area contributed by atoms with Crippen molar-refractivity contribution in [3.8, 4) is 5.75 Å². The Morgan fingerprint density at radius 3 is 1.89 bits per heavy atom. The summed E-state index contributed by atoms with van der Waals surface area (Å²) >= 11 is 0. The summed E-state index contributed by atoms with van der Waals surface area (Å²) in [4.78, 5) is 12.0. The zero-order valence-electron chi connectivity index (χ0n) is 21.8. The molecule has 0 bridgehead atoms. The zero-order chi connectivity index (χ0) is 26.0. The van der Waals surface area contributed by atoms with Crippen LogP contribution in [0.25, 0.3) is 0 Å². The summed E-state index contributed by atoms with van der Waals surface area (Å²) in [5.74, 6) is 0.369. The van der Waals surface area contributed by atoms with E-state index in [9.17, 15) is 4.79 Å². The molecule has 0 fully saturated rings. The number of benzene rings is 3. The first kappa shape index (κ1) is 27.4. The van der Waals surface area contributed by atoms with E-state index in [1.54, 1.807) is 13.2 Å². The molecule has 0 saturated heterocycles. The Labute approximate surface area is 215 Å². The van der Waals surface area contributed by atoms with Crippen LogP contribution in [0.3, 0.4) is 0 Å². The Kier molecular flexibility index (Phi) is 9.64. The van der Waals surface area contributed by atoms with E-state index in [4.69, 9.17) is 18.6 Å². The second-order valence-electron chi connectivity index (χ2n) is 9.57. The van der Waals surface area contributed by atoms with Gasteiger partial charge in [-0.25, -0.2) is 4.79 Å². The van der Waals surface area contributed by atoms with E-state index >= 15 is 0 Å². The molecule has 0 aliphatic heterocycles. The van der Waals surface area contributed by atoms with Crippen molar-refractivity contribution in [1.82, 2.24) is 0 Å². The molecule has 5 nitrogen and oxygen atoms in total. The zero-order valence-corrected chi connectivity index (χ0v) is 22.8. The predicted molar refractivity (Wildman–Crippen MR) is 146 cm³/mol. The van der Waals surface area contributed by atoms with Crippen molar-refractivity contribution < 1.29 is 23.4 Å². The summed E-state index contributed by atoms with van der Waals surface area (Å²) in [5, 5.41) is 2.12. The normalized spacial score (nSPS) is 12.9. The summed E-state index contributed by atoms with van der Waals surface area (Å²) in [6.07, 6.45) is 2.70. The molecule has 0 aliphatic carbocycles. The number of esters is 1. The molecule has 3 aromatic carbocycles. The SMILES string of the molecule is COC(=O)/C=C\[C@@H](COCc1ccc(OC)cc1)O[Si](c1ccccc1)(c1ccccc1)C(C)(C)C. The maximum Gasteiger partial charge on any atom is 0.330 e. The number of rotatable bonds is 11. The van der Waals surface area contributed by atoms with Gasteiger partial charge in [0.05, 0.1) is 33.5 Å². The van der Waals surface area contributed by atoms with Gasteiger partial charge in [0, 0.05) is 6.08 Å². The summed E-state index contributed by atoms with van der Waals surface area (Å²) in [7, 11) is 0.175. The standard InChI is InChI=1S/C30H36O5Si/c1-30(2,3)36(27-12-8-6-9-13-27,28-14-10-7-11-15-28)35-26(20-21-29(31)33-5)23-34-22-24-16-18-25(32-4)19-17-24/h6-21,26H,22-23H2,1-5H3/b21-20-/t26-/m0/s1. The van der Waals surface area contributed by atoms with Crippen LogP contribution in [0.1, 0.15) is 26.3 Å². The van der Waals surface area contributed by atoms with Crippen molar-refractivity contribution >= 4 is 24.7 Å². The molecule has 0 aromatic heterocycles. The summed E-state index contributed by atoms with van der Waals surface area (Å²) in [6, 6.07) is 28.6. The van der Waals surface area contributed by atoms with Crippen LogP contribution >= 0.6 is 0 Å². The molecule has 0 radical (unpaired) electrons. The van der Waals surface area contributed by atoms with Crippen LogP contribution in [-0.2, 0) is 25.3 Å². The average molecular weight is 505 g/mol. The lowest BCUT2D eigenvalue weighted by Crippen LogP contribution is -2.67. The molecule has 0 unspecified atom stereocenters. The molecule has 0 heterocycles. The van der Waals surface area contributed by atoms with Crippen molar-refractivity contribution in [2.24, 2.45) is 0 Å². The van der Waals surface area contributed by atoms with Gasteiger partial charge in [0.1, 0.15) is 5.75 Å². The highest BCUT2D eigenvalue weighted by Crippen LogP contribution is 2.37. The largest absolute Gasteiger partial charge is 0.497 e. The fourth-order valence-corrected chi connectivity index (χ4v) is 8.93. The summed E-state index contributed by atoms with van der Waals surface area (Å²) in [5.41, 5.74) is 1.02. The second-order valence-corrected chi connectivity index (χ2v) is 13.8. The van der Waals surface area contributed by atoms with Gasteiger partial charge in [0.2, 0.25) is 0 Å². The van der Waals surface area contributed by atoms with Crippen LogP contribution in [0.4, 0.5) is 0 Å². The fourth-order valence-electron chi connectivity index (χ4n) is 4.32. The molecule has 36 heavy (non-hydrogen) atoms.